The molecule has 0 unspecified atom stereocenters. The summed E-state index contributed by atoms with van der Waals surface area (Å²) in [5.74, 6) is -1.95. The second-order valence-electron chi connectivity index (χ2n) is 6.66. The number of carbonyl (C=O) groups is 2. The van der Waals surface area contributed by atoms with Gasteiger partial charge in [-0.1, -0.05) is 0 Å². The highest BCUT2D eigenvalue weighted by atomic mass is 16.6. The zero-order valence-corrected chi connectivity index (χ0v) is 14.9. The molecule has 4 N–H and O–H groups in total. The average molecular weight is 392 g/mol. The fourth-order valence-electron chi connectivity index (χ4n) is 3.20. The molecule has 0 radical (unpaired) electrons. The molecule has 0 spiro atoms. The third-order valence-corrected chi connectivity index (χ3v) is 4.73. The van der Waals surface area contributed by atoms with E-state index in [0.29, 0.717) is 16.9 Å². The smallest absolute Gasteiger partial charge is 0.335 e. The van der Waals surface area contributed by atoms with Crippen molar-refractivity contribution in [2.24, 2.45) is 0 Å². The number of carbonyl (C=O) groups excluding carboxylic acids is 1. The Kier molecular flexibility index (Phi) is 5.41. The Morgan fingerprint density at radius 2 is 2.04 bits per heavy atom. The van der Waals surface area contributed by atoms with Gasteiger partial charge in [0, 0.05) is 29.9 Å². The van der Waals surface area contributed by atoms with Crippen LogP contribution < -0.4 is 4.74 Å². The highest BCUT2D eigenvalue weighted by Crippen LogP contribution is 2.32. The molecule has 1 aliphatic rings. The lowest BCUT2D eigenvalue weighted by atomic mass is 9.79. The van der Waals surface area contributed by atoms with Crippen LogP contribution in [0.3, 0.4) is 0 Å². The number of aliphatic hydroxyl groups excluding tert-OH is 2. The first-order chi connectivity index (χ1) is 13.2. The molecule has 1 saturated carbocycles. The quantitative estimate of drug-likeness (QED) is 0.426. The maximum Gasteiger partial charge on any atom is 0.335 e. The van der Waals surface area contributed by atoms with Crippen molar-refractivity contribution >= 4 is 29.0 Å². The minimum absolute atomic E-state index is 0.492. The minimum atomic E-state index is -2.29. The fraction of sp³-hybridized carbons (Fsp3) is 0.368. The highest BCUT2D eigenvalue weighted by molar-refractivity contribution is 5.90. The van der Waals surface area contributed by atoms with E-state index >= 15 is 0 Å². The summed E-state index contributed by atoms with van der Waals surface area (Å²) < 4.78 is 15.6. The third-order valence-electron chi connectivity index (χ3n) is 4.73. The van der Waals surface area contributed by atoms with Gasteiger partial charge in [-0.3, -0.25) is 0 Å². The van der Waals surface area contributed by atoms with E-state index in [1.165, 1.54) is 19.4 Å². The van der Waals surface area contributed by atoms with Gasteiger partial charge in [-0.05, 0) is 24.3 Å². The number of hydrogen-bond acceptors (Lipinski definition) is 8. The van der Waals surface area contributed by atoms with Gasteiger partial charge in [-0.2, -0.15) is 0 Å². The van der Waals surface area contributed by atoms with Crippen molar-refractivity contribution in [2.45, 2.75) is 36.8 Å². The number of hydrogen-bond donors (Lipinski definition) is 4. The molecule has 9 heteroatoms. The summed E-state index contributed by atoms with van der Waals surface area (Å²) in [5, 5.41) is 39.8. The third kappa shape index (κ3) is 3.86. The van der Waals surface area contributed by atoms with Crippen LogP contribution in [0.25, 0.3) is 17.0 Å². The molecule has 2 aromatic rings. The van der Waals surface area contributed by atoms with Crippen LogP contribution in [0.5, 0.6) is 5.75 Å². The van der Waals surface area contributed by atoms with Crippen LogP contribution in [-0.2, 0) is 14.3 Å². The first-order valence-electron chi connectivity index (χ1n) is 8.49. The summed E-state index contributed by atoms with van der Waals surface area (Å²) in [6.07, 6.45) is -1.53. The number of ether oxygens (including phenoxy) is 2. The lowest BCUT2D eigenvalue weighted by molar-refractivity contribution is -0.196. The Bertz CT molecular complexity index is 915. The molecular formula is C19H20O9. The molecular weight excluding hydrogens is 372 g/mol. The molecule has 0 saturated heterocycles. The average Bonchev–Trinajstić information content (AvgIpc) is 3.10. The van der Waals surface area contributed by atoms with Crippen LogP contribution >= 0.6 is 0 Å². The number of aliphatic carboxylic acids is 1. The van der Waals surface area contributed by atoms with Gasteiger partial charge >= 0.3 is 11.9 Å². The number of furan rings is 1. The summed E-state index contributed by atoms with van der Waals surface area (Å²) in [6.45, 7) is 0. The molecule has 1 heterocycles. The van der Waals surface area contributed by atoms with Crippen LogP contribution in [0.1, 0.15) is 18.4 Å². The zero-order valence-electron chi connectivity index (χ0n) is 14.9. The molecule has 150 valence electrons. The molecule has 0 aliphatic heterocycles. The van der Waals surface area contributed by atoms with E-state index in [0.717, 1.165) is 11.5 Å². The standard InChI is InChI=1S/C19H20O9/c1-26-13-6-11-4-5-27-14(11)7-10(13)2-3-16(21)28-15-9-19(25,18(23)24)8-12(20)17(15)22/h2-7,12,15,17,20,22,25H,8-9H2,1H3,(H,23,24)/t12-,15-,17-,19+/m1/s1. The van der Waals surface area contributed by atoms with E-state index in [1.54, 1.807) is 18.2 Å². The Labute approximate surface area is 159 Å². The number of rotatable bonds is 5. The van der Waals surface area contributed by atoms with Gasteiger partial charge in [0.25, 0.3) is 0 Å². The number of benzene rings is 1. The van der Waals surface area contributed by atoms with E-state index in [1.807, 2.05) is 0 Å². The van der Waals surface area contributed by atoms with Crippen molar-refractivity contribution in [3.8, 4) is 5.75 Å². The maximum atomic E-state index is 12.1. The van der Waals surface area contributed by atoms with Gasteiger partial charge < -0.3 is 34.3 Å². The number of carboxylic acids is 1. The normalized spacial score (nSPS) is 27.8. The molecule has 3 rings (SSSR count). The summed E-state index contributed by atoms with van der Waals surface area (Å²) in [4.78, 5) is 23.3. The van der Waals surface area contributed by atoms with Crippen LogP contribution in [0.15, 0.2) is 35.0 Å². The van der Waals surface area contributed by atoms with Crippen molar-refractivity contribution in [3.63, 3.8) is 0 Å². The van der Waals surface area contributed by atoms with E-state index in [-0.39, 0.29) is 0 Å². The molecule has 0 bridgehead atoms. The van der Waals surface area contributed by atoms with Gasteiger partial charge in [-0.15, -0.1) is 0 Å². The summed E-state index contributed by atoms with van der Waals surface area (Å²) in [7, 11) is 1.48. The Balaban J connectivity index is 1.75. The second kappa shape index (κ2) is 7.63. The second-order valence-corrected chi connectivity index (χ2v) is 6.66. The lowest BCUT2D eigenvalue weighted by Crippen LogP contribution is -2.57. The van der Waals surface area contributed by atoms with Crippen LogP contribution in [0.4, 0.5) is 0 Å². The van der Waals surface area contributed by atoms with Crippen molar-refractivity contribution < 1.29 is 43.9 Å². The Morgan fingerprint density at radius 3 is 2.71 bits per heavy atom. The largest absolute Gasteiger partial charge is 0.496 e. The molecule has 9 nitrogen and oxygen atoms in total. The molecule has 1 aromatic heterocycles. The SMILES string of the molecule is COc1cc2ccoc2cc1C=CC(=O)O[C@@H]1C[C@](O)(C(=O)O)C[C@@H](O)[C@H]1O. The molecule has 0 amide bonds. The Hall–Kier alpha value is -2.88. The maximum absolute atomic E-state index is 12.1. The van der Waals surface area contributed by atoms with Gasteiger partial charge in [0.05, 0.1) is 19.5 Å². The number of esters is 1. The lowest BCUT2D eigenvalue weighted by Gasteiger charge is -2.39. The zero-order chi connectivity index (χ0) is 20.5. The van der Waals surface area contributed by atoms with Crippen LogP contribution in [-0.4, -0.2) is 63.4 Å². The van der Waals surface area contributed by atoms with E-state index in [9.17, 15) is 24.9 Å². The minimum Gasteiger partial charge on any atom is -0.496 e. The predicted octanol–water partition coefficient (Wildman–Crippen LogP) is 0.698. The van der Waals surface area contributed by atoms with Gasteiger partial charge in [-0.25, -0.2) is 9.59 Å². The number of fused-ring (bicyclic) bond motifs is 1. The summed E-state index contributed by atoms with van der Waals surface area (Å²) >= 11 is 0. The molecule has 1 fully saturated rings. The summed E-state index contributed by atoms with van der Waals surface area (Å²) in [6, 6.07) is 5.16. The van der Waals surface area contributed by atoms with Gasteiger partial charge in [0.15, 0.2) is 5.60 Å². The number of carboxylic acid groups (broad SMARTS) is 1. The van der Waals surface area contributed by atoms with E-state index in [4.69, 9.17) is 19.0 Å². The molecule has 28 heavy (non-hydrogen) atoms. The van der Waals surface area contributed by atoms with Gasteiger partial charge in [0.1, 0.15) is 23.5 Å². The molecule has 1 aromatic carbocycles. The fourth-order valence-corrected chi connectivity index (χ4v) is 3.20. The first-order valence-corrected chi connectivity index (χ1v) is 8.49. The topological polar surface area (TPSA) is 147 Å². The van der Waals surface area contributed by atoms with Crippen LogP contribution in [0, 0.1) is 0 Å². The van der Waals surface area contributed by atoms with Crippen molar-refractivity contribution in [3.05, 3.63) is 36.1 Å². The number of aliphatic hydroxyl groups is 3. The monoisotopic (exact) mass is 392 g/mol. The predicted molar refractivity (Wildman–Crippen MR) is 95.5 cm³/mol. The first kappa shape index (κ1) is 19.9. The van der Waals surface area contributed by atoms with E-state index < -0.39 is 48.7 Å². The molecule has 1 aliphatic carbocycles. The Morgan fingerprint density at radius 1 is 1.29 bits per heavy atom. The van der Waals surface area contributed by atoms with Crippen molar-refractivity contribution in [1.29, 1.82) is 0 Å². The highest BCUT2D eigenvalue weighted by Gasteiger charge is 2.50. The number of methoxy groups -OCH3 is 1. The molecule has 4 atom stereocenters. The van der Waals surface area contributed by atoms with Gasteiger partial charge in [0.2, 0.25) is 0 Å². The van der Waals surface area contributed by atoms with Crippen molar-refractivity contribution in [2.75, 3.05) is 7.11 Å². The van der Waals surface area contributed by atoms with Crippen molar-refractivity contribution in [1.82, 2.24) is 0 Å². The summed E-state index contributed by atoms with van der Waals surface area (Å²) in [5.41, 5.74) is -1.17. The van der Waals surface area contributed by atoms with E-state index in [2.05, 4.69) is 0 Å². The van der Waals surface area contributed by atoms with Crippen LogP contribution in [0.2, 0.25) is 0 Å².